The molecule has 3 aromatic heterocycles. The maximum absolute atomic E-state index is 4.68. The van der Waals surface area contributed by atoms with Gasteiger partial charge in [0.1, 0.15) is 17.4 Å². The molecule has 0 aliphatic carbocycles. The molecule has 0 saturated carbocycles. The third kappa shape index (κ3) is 6.24. The van der Waals surface area contributed by atoms with Crippen molar-refractivity contribution in [2.24, 2.45) is 12.0 Å². The Morgan fingerprint density at radius 2 is 2.04 bits per heavy atom. The number of thiophene rings is 1. The smallest absolute Gasteiger partial charge is 0.192 e. The fourth-order valence-electron chi connectivity index (χ4n) is 2.45. The van der Waals surface area contributed by atoms with Crippen molar-refractivity contribution in [2.45, 2.75) is 40.3 Å². The van der Waals surface area contributed by atoms with E-state index in [9.17, 15) is 0 Å². The van der Waals surface area contributed by atoms with Crippen LogP contribution in [0.1, 0.15) is 32.1 Å². The van der Waals surface area contributed by atoms with E-state index in [1.54, 1.807) is 22.7 Å². The van der Waals surface area contributed by atoms with Crippen molar-refractivity contribution in [1.82, 2.24) is 30.4 Å². The van der Waals surface area contributed by atoms with E-state index in [2.05, 4.69) is 55.2 Å². The summed E-state index contributed by atoms with van der Waals surface area (Å²) in [5.74, 6) is 2.49. The van der Waals surface area contributed by atoms with Gasteiger partial charge in [0.15, 0.2) is 11.8 Å². The van der Waals surface area contributed by atoms with Crippen molar-refractivity contribution in [3.8, 4) is 0 Å². The van der Waals surface area contributed by atoms with Crippen molar-refractivity contribution < 1.29 is 0 Å². The van der Waals surface area contributed by atoms with Gasteiger partial charge in [0.2, 0.25) is 0 Å². The normalized spacial score (nSPS) is 11.4. The van der Waals surface area contributed by atoms with Gasteiger partial charge in [-0.25, -0.2) is 9.98 Å². The molecule has 0 aromatic carbocycles. The van der Waals surface area contributed by atoms with Crippen LogP contribution in [0.15, 0.2) is 22.5 Å². The molecular weight excluding hydrogens is 505 g/mol. The number of aryl methyl sites for hydroxylation is 3. The minimum atomic E-state index is 0. The van der Waals surface area contributed by atoms with Crippen LogP contribution in [0.25, 0.3) is 0 Å². The maximum atomic E-state index is 4.68. The lowest BCUT2D eigenvalue weighted by molar-refractivity contribution is 0.748. The summed E-state index contributed by atoms with van der Waals surface area (Å²) in [4.78, 5) is 11.9. The van der Waals surface area contributed by atoms with Gasteiger partial charge in [0.25, 0.3) is 0 Å². The topological polar surface area (TPSA) is 80.0 Å². The Hall–Kier alpha value is -1.53. The van der Waals surface area contributed by atoms with Crippen molar-refractivity contribution in [2.75, 3.05) is 6.54 Å². The molecule has 10 heteroatoms. The first-order valence-corrected chi connectivity index (χ1v) is 10.5. The Balaban J connectivity index is 0.00000280. The summed E-state index contributed by atoms with van der Waals surface area (Å²) in [5, 5.41) is 18.2. The molecule has 3 rings (SSSR count). The minimum Gasteiger partial charge on any atom is -0.356 e. The van der Waals surface area contributed by atoms with E-state index >= 15 is 0 Å². The highest BCUT2D eigenvalue weighted by molar-refractivity contribution is 14.0. The van der Waals surface area contributed by atoms with Crippen LogP contribution in [0.4, 0.5) is 0 Å². The first-order chi connectivity index (χ1) is 13.0. The number of hydrogen-bond acceptors (Lipinski definition) is 6. The van der Waals surface area contributed by atoms with Crippen LogP contribution < -0.4 is 10.6 Å². The molecule has 0 fully saturated rings. The molecule has 0 saturated heterocycles. The Labute approximate surface area is 190 Å². The molecule has 0 unspecified atom stereocenters. The van der Waals surface area contributed by atoms with Crippen LogP contribution >= 0.6 is 46.7 Å². The number of aromatic nitrogens is 4. The largest absolute Gasteiger partial charge is 0.356 e. The van der Waals surface area contributed by atoms with Gasteiger partial charge in [0, 0.05) is 23.3 Å². The van der Waals surface area contributed by atoms with Gasteiger partial charge in [-0.1, -0.05) is 6.07 Å². The van der Waals surface area contributed by atoms with Crippen LogP contribution in [-0.4, -0.2) is 32.3 Å². The van der Waals surface area contributed by atoms with Gasteiger partial charge in [-0.05, 0) is 38.6 Å². The van der Waals surface area contributed by atoms with Gasteiger partial charge in [-0.2, -0.15) is 0 Å². The van der Waals surface area contributed by atoms with E-state index in [1.807, 2.05) is 25.5 Å². The molecule has 0 bridgehead atoms. The number of hydrogen-bond donors (Lipinski definition) is 2. The SMILES string of the molecule is Cc1nc(CNC(=NCc2nnc(C)n2C)NCCc2cccs2)sc1C.I. The molecule has 0 spiro atoms. The molecule has 3 heterocycles. The van der Waals surface area contributed by atoms with Crippen molar-refractivity contribution in [3.05, 3.63) is 49.6 Å². The van der Waals surface area contributed by atoms with Crippen LogP contribution in [0, 0.1) is 20.8 Å². The molecule has 0 atom stereocenters. The highest BCUT2D eigenvalue weighted by atomic mass is 127. The molecule has 28 heavy (non-hydrogen) atoms. The predicted molar refractivity (Wildman–Crippen MR) is 127 cm³/mol. The standard InChI is InChI=1S/C18H25N7S2.HI/c1-12-13(2)27-17(22-12)11-21-18(19-8-7-15-6-5-9-26-15)20-10-16-24-23-14(3)25(16)4;/h5-6,9H,7-8,10-11H2,1-4H3,(H2,19,20,21);1H. The zero-order chi connectivity index (χ0) is 19.2. The molecule has 2 N–H and O–H groups in total. The Kier molecular flexibility index (Phi) is 8.83. The van der Waals surface area contributed by atoms with Crippen LogP contribution in [0.2, 0.25) is 0 Å². The first kappa shape index (κ1) is 22.8. The molecule has 0 aliphatic heterocycles. The lowest BCUT2D eigenvalue weighted by atomic mass is 10.3. The maximum Gasteiger partial charge on any atom is 0.192 e. The summed E-state index contributed by atoms with van der Waals surface area (Å²) < 4.78 is 1.96. The van der Waals surface area contributed by atoms with Crippen molar-refractivity contribution in [3.63, 3.8) is 0 Å². The summed E-state index contributed by atoms with van der Waals surface area (Å²) in [5.41, 5.74) is 1.09. The second-order valence-corrected chi connectivity index (χ2v) is 8.57. The zero-order valence-corrected chi connectivity index (χ0v) is 20.5. The van der Waals surface area contributed by atoms with Crippen LogP contribution in [0.3, 0.4) is 0 Å². The minimum absolute atomic E-state index is 0. The summed E-state index contributed by atoms with van der Waals surface area (Å²) >= 11 is 3.49. The highest BCUT2D eigenvalue weighted by Crippen LogP contribution is 2.16. The van der Waals surface area contributed by atoms with Gasteiger partial charge < -0.3 is 15.2 Å². The number of nitrogens with zero attached hydrogens (tertiary/aromatic N) is 5. The van der Waals surface area contributed by atoms with Gasteiger partial charge >= 0.3 is 0 Å². The van der Waals surface area contributed by atoms with E-state index in [-0.39, 0.29) is 24.0 Å². The van der Waals surface area contributed by atoms with Gasteiger partial charge in [-0.3, -0.25) is 0 Å². The third-order valence-corrected chi connectivity index (χ3v) is 6.29. The average molecular weight is 531 g/mol. The Morgan fingerprint density at radius 3 is 2.64 bits per heavy atom. The van der Waals surface area contributed by atoms with Crippen LogP contribution in [0.5, 0.6) is 0 Å². The van der Waals surface area contributed by atoms with Crippen LogP contribution in [-0.2, 0) is 26.6 Å². The highest BCUT2D eigenvalue weighted by Gasteiger charge is 2.07. The molecule has 0 aliphatic rings. The second-order valence-electron chi connectivity index (χ2n) is 6.25. The number of thiazole rings is 1. The number of halogens is 1. The third-order valence-electron chi connectivity index (χ3n) is 4.29. The summed E-state index contributed by atoms with van der Waals surface area (Å²) in [7, 11) is 1.96. The predicted octanol–water partition coefficient (Wildman–Crippen LogP) is 3.35. The lowest BCUT2D eigenvalue weighted by Gasteiger charge is -2.11. The van der Waals surface area contributed by atoms with E-state index < -0.39 is 0 Å². The summed E-state index contributed by atoms with van der Waals surface area (Å²) in [6.45, 7) is 8.02. The molecule has 3 aromatic rings. The van der Waals surface area contributed by atoms with Gasteiger partial charge in [-0.15, -0.1) is 56.8 Å². The summed E-state index contributed by atoms with van der Waals surface area (Å²) in [6.07, 6.45) is 0.969. The molecule has 0 amide bonds. The first-order valence-electron chi connectivity index (χ1n) is 8.85. The van der Waals surface area contributed by atoms with E-state index in [4.69, 9.17) is 0 Å². The quantitative estimate of drug-likeness (QED) is 0.278. The molecule has 152 valence electrons. The van der Waals surface area contributed by atoms with Gasteiger partial charge in [0.05, 0.1) is 12.2 Å². The fourth-order valence-corrected chi connectivity index (χ4v) is 4.03. The number of aliphatic imine (C=N–C) groups is 1. The van der Waals surface area contributed by atoms with E-state index in [0.29, 0.717) is 13.1 Å². The van der Waals surface area contributed by atoms with Crippen molar-refractivity contribution in [1.29, 1.82) is 0 Å². The molecular formula is C18H26IN7S2. The molecule has 0 radical (unpaired) electrons. The fraction of sp³-hybridized carbons (Fsp3) is 0.444. The average Bonchev–Trinajstić information content (AvgIpc) is 3.35. The number of guanidine groups is 1. The zero-order valence-electron chi connectivity index (χ0n) is 16.5. The van der Waals surface area contributed by atoms with E-state index in [0.717, 1.165) is 41.3 Å². The molecule has 7 nitrogen and oxygen atoms in total. The summed E-state index contributed by atoms with van der Waals surface area (Å²) in [6, 6.07) is 4.23. The van der Waals surface area contributed by atoms with Crippen molar-refractivity contribution >= 4 is 52.6 Å². The lowest BCUT2D eigenvalue weighted by Crippen LogP contribution is -2.38. The Morgan fingerprint density at radius 1 is 1.21 bits per heavy atom. The number of rotatable bonds is 7. The Bertz CT molecular complexity index is 880. The second kappa shape index (κ2) is 10.9. The monoisotopic (exact) mass is 531 g/mol. The van der Waals surface area contributed by atoms with E-state index in [1.165, 1.54) is 9.75 Å². The number of nitrogens with one attached hydrogen (secondary N) is 2.